The van der Waals surface area contributed by atoms with Gasteiger partial charge in [0.15, 0.2) is 0 Å². The molecular weight excluding hydrogens is 368 g/mol. The number of rotatable bonds is 6. The zero-order chi connectivity index (χ0) is 20.2. The second-order valence-electron chi connectivity index (χ2n) is 9.32. The number of nitrogens with zero attached hydrogens (tertiary/aromatic N) is 3. The molecule has 3 amide bonds. The number of nitrogens with one attached hydrogen (secondary N) is 1. The van der Waals surface area contributed by atoms with Crippen LogP contribution in [0, 0.1) is 11.8 Å². The van der Waals surface area contributed by atoms with Crippen molar-refractivity contribution in [2.24, 2.45) is 11.8 Å². The van der Waals surface area contributed by atoms with E-state index < -0.39 is 0 Å². The molecule has 0 spiro atoms. The summed E-state index contributed by atoms with van der Waals surface area (Å²) >= 11 is 0. The van der Waals surface area contributed by atoms with Crippen LogP contribution in [0.4, 0.5) is 0 Å². The number of likely N-dealkylation sites (tertiary alicyclic amines) is 1. The Morgan fingerprint density at radius 2 is 1.55 bits per heavy atom. The molecule has 4 rings (SSSR count). The van der Waals surface area contributed by atoms with E-state index in [0.29, 0.717) is 31.5 Å². The second-order valence-corrected chi connectivity index (χ2v) is 9.32. The predicted octanol–water partition coefficient (Wildman–Crippen LogP) is 1.23. The molecule has 4 aliphatic rings. The third kappa shape index (κ3) is 4.93. The van der Waals surface area contributed by atoms with Gasteiger partial charge in [-0.25, -0.2) is 0 Å². The Labute approximate surface area is 174 Å². The van der Waals surface area contributed by atoms with Crippen LogP contribution in [0.5, 0.6) is 0 Å². The predicted molar refractivity (Wildman–Crippen MR) is 110 cm³/mol. The maximum absolute atomic E-state index is 12.5. The van der Waals surface area contributed by atoms with Crippen LogP contribution in [0.2, 0.25) is 0 Å². The standard InChI is InChI=1S/C22H36N4O3/c27-20-15-18(16-26(20)19-7-3-4-8-19)21(28)23-9-10-24-11-13-25(14-12-24)22(29)17-5-1-2-6-17/h17-19H,1-16H2,(H,23,28). The van der Waals surface area contributed by atoms with Gasteiger partial charge in [-0.3, -0.25) is 19.3 Å². The third-order valence-electron chi connectivity index (χ3n) is 7.41. The van der Waals surface area contributed by atoms with Crippen molar-refractivity contribution in [3.05, 3.63) is 0 Å². The monoisotopic (exact) mass is 404 g/mol. The van der Waals surface area contributed by atoms with Gasteiger partial charge in [0, 0.05) is 64.2 Å². The second kappa shape index (κ2) is 9.45. The minimum atomic E-state index is -0.191. The van der Waals surface area contributed by atoms with Crippen molar-refractivity contribution in [2.45, 2.75) is 63.8 Å². The molecule has 7 nitrogen and oxygen atoms in total. The quantitative estimate of drug-likeness (QED) is 0.723. The molecule has 0 radical (unpaired) electrons. The Hall–Kier alpha value is -1.63. The van der Waals surface area contributed by atoms with Crippen LogP contribution >= 0.6 is 0 Å². The molecule has 2 aliphatic carbocycles. The van der Waals surface area contributed by atoms with Gasteiger partial charge >= 0.3 is 0 Å². The Morgan fingerprint density at radius 1 is 0.897 bits per heavy atom. The smallest absolute Gasteiger partial charge is 0.225 e. The van der Waals surface area contributed by atoms with Gasteiger partial charge in [-0.1, -0.05) is 25.7 Å². The van der Waals surface area contributed by atoms with Crippen LogP contribution in [-0.2, 0) is 14.4 Å². The molecule has 29 heavy (non-hydrogen) atoms. The van der Waals surface area contributed by atoms with Crippen molar-refractivity contribution >= 4 is 17.7 Å². The molecule has 4 fully saturated rings. The van der Waals surface area contributed by atoms with Gasteiger partial charge in [-0.2, -0.15) is 0 Å². The van der Waals surface area contributed by atoms with Gasteiger partial charge in [0.25, 0.3) is 0 Å². The SMILES string of the molecule is O=C(NCCN1CCN(C(=O)C2CCCC2)CC1)C1CC(=O)N(C2CCCC2)C1. The summed E-state index contributed by atoms with van der Waals surface area (Å²) in [5.41, 5.74) is 0. The number of carbonyl (C=O) groups excluding carboxylic acids is 3. The highest BCUT2D eigenvalue weighted by Gasteiger charge is 2.38. The summed E-state index contributed by atoms with van der Waals surface area (Å²) in [4.78, 5) is 43.6. The molecular formula is C22H36N4O3. The lowest BCUT2D eigenvalue weighted by Crippen LogP contribution is -2.51. The average Bonchev–Trinajstić information content (AvgIpc) is 3.49. The van der Waals surface area contributed by atoms with Crippen LogP contribution < -0.4 is 5.32 Å². The Balaban J connectivity index is 1.13. The maximum atomic E-state index is 12.5. The van der Waals surface area contributed by atoms with Gasteiger partial charge in [0.05, 0.1) is 5.92 Å². The van der Waals surface area contributed by atoms with Crippen molar-refractivity contribution in [3.8, 4) is 0 Å². The van der Waals surface area contributed by atoms with Gasteiger partial charge in [0.1, 0.15) is 0 Å². The van der Waals surface area contributed by atoms with Crippen molar-refractivity contribution in [1.82, 2.24) is 20.0 Å². The first-order valence-corrected chi connectivity index (χ1v) is 11.7. The van der Waals surface area contributed by atoms with E-state index in [4.69, 9.17) is 0 Å². The minimum absolute atomic E-state index is 0.0221. The fourth-order valence-corrected chi connectivity index (χ4v) is 5.58. The third-order valence-corrected chi connectivity index (χ3v) is 7.41. The molecule has 2 heterocycles. The highest BCUT2D eigenvalue weighted by atomic mass is 16.2. The molecule has 1 unspecified atom stereocenters. The average molecular weight is 405 g/mol. The molecule has 0 aromatic carbocycles. The summed E-state index contributed by atoms with van der Waals surface area (Å²) in [6.45, 7) is 5.38. The maximum Gasteiger partial charge on any atom is 0.225 e. The molecule has 0 aromatic heterocycles. The van der Waals surface area contributed by atoms with E-state index in [-0.39, 0.29) is 23.7 Å². The van der Waals surface area contributed by atoms with E-state index in [0.717, 1.165) is 58.4 Å². The molecule has 2 aliphatic heterocycles. The molecule has 7 heteroatoms. The zero-order valence-corrected chi connectivity index (χ0v) is 17.6. The summed E-state index contributed by atoms with van der Waals surface area (Å²) < 4.78 is 0. The first-order chi connectivity index (χ1) is 14.1. The fourth-order valence-electron chi connectivity index (χ4n) is 5.58. The fraction of sp³-hybridized carbons (Fsp3) is 0.864. The number of hydrogen-bond donors (Lipinski definition) is 1. The lowest BCUT2D eigenvalue weighted by Gasteiger charge is -2.36. The highest BCUT2D eigenvalue weighted by molar-refractivity contribution is 5.89. The highest BCUT2D eigenvalue weighted by Crippen LogP contribution is 2.29. The largest absolute Gasteiger partial charge is 0.355 e. The van der Waals surface area contributed by atoms with Crippen molar-refractivity contribution < 1.29 is 14.4 Å². The molecule has 2 saturated heterocycles. The number of carbonyl (C=O) groups is 3. The van der Waals surface area contributed by atoms with Crippen molar-refractivity contribution in [1.29, 1.82) is 0 Å². The molecule has 1 N–H and O–H groups in total. The molecule has 0 bridgehead atoms. The van der Waals surface area contributed by atoms with E-state index in [1.54, 1.807) is 0 Å². The topological polar surface area (TPSA) is 73.0 Å². The zero-order valence-electron chi connectivity index (χ0n) is 17.6. The Kier molecular flexibility index (Phi) is 6.73. The van der Waals surface area contributed by atoms with Crippen LogP contribution in [0.15, 0.2) is 0 Å². The first-order valence-electron chi connectivity index (χ1n) is 11.7. The van der Waals surface area contributed by atoms with Gasteiger partial charge in [-0.05, 0) is 25.7 Å². The Bertz CT molecular complexity index is 605. The van der Waals surface area contributed by atoms with Crippen molar-refractivity contribution in [2.75, 3.05) is 45.8 Å². The van der Waals surface area contributed by atoms with E-state index in [9.17, 15) is 14.4 Å². The Morgan fingerprint density at radius 3 is 2.24 bits per heavy atom. The summed E-state index contributed by atoms with van der Waals surface area (Å²) in [5.74, 6) is 0.602. The normalized spacial score (nSPS) is 27.2. The first kappa shape index (κ1) is 20.6. The molecule has 2 saturated carbocycles. The summed E-state index contributed by atoms with van der Waals surface area (Å²) in [5, 5.41) is 3.04. The van der Waals surface area contributed by atoms with Crippen molar-refractivity contribution in [3.63, 3.8) is 0 Å². The summed E-state index contributed by atoms with van der Waals surface area (Å²) in [6.07, 6.45) is 9.46. The molecule has 1 atom stereocenters. The number of piperazine rings is 1. The van der Waals surface area contributed by atoms with E-state index in [1.807, 2.05) is 9.80 Å². The van der Waals surface area contributed by atoms with E-state index in [2.05, 4.69) is 10.2 Å². The summed E-state index contributed by atoms with van der Waals surface area (Å²) in [7, 11) is 0. The van der Waals surface area contributed by atoms with Gasteiger partial charge < -0.3 is 15.1 Å². The van der Waals surface area contributed by atoms with E-state index >= 15 is 0 Å². The molecule has 0 aromatic rings. The van der Waals surface area contributed by atoms with Crippen LogP contribution in [-0.4, -0.2) is 84.3 Å². The van der Waals surface area contributed by atoms with Gasteiger partial charge in [-0.15, -0.1) is 0 Å². The van der Waals surface area contributed by atoms with Crippen LogP contribution in [0.25, 0.3) is 0 Å². The lowest BCUT2D eigenvalue weighted by molar-refractivity contribution is -0.137. The van der Waals surface area contributed by atoms with Crippen LogP contribution in [0.3, 0.4) is 0 Å². The molecule has 162 valence electrons. The minimum Gasteiger partial charge on any atom is -0.355 e. The van der Waals surface area contributed by atoms with Crippen LogP contribution in [0.1, 0.15) is 57.8 Å². The number of amides is 3. The van der Waals surface area contributed by atoms with E-state index in [1.165, 1.54) is 25.7 Å². The summed E-state index contributed by atoms with van der Waals surface area (Å²) in [6, 6.07) is 0.364. The lowest BCUT2D eigenvalue weighted by atomic mass is 10.1. The number of hydrogen-bond acceptors (Lipinski definition) is 4. The van der Waals surface area contributed by atoms with Gasteiger partial charge in [0.2, 0.25) is 17.7 Å².